The molecule has 118 valence electrons. The fourth-order valence-electron chi connectivity index (χ4n) is 2.84. The van der Waals surface area contributed by atoms with Gasteiger partial charge in [0, 0.05) is 38.1 Å². The number of fused-ring (bicyclic) bond motifs is 1. The lowest BCUT2D eigenvalue weighted by Gasteiger charge is -2.35. The first-order valence-corrected chi connectivity index (χ1v) is 7.82. The van der Waals surface area contributed by atoms with E-state index >= 15 is 0 Å². The fraction of sp³-hybridized carbons (Fsp3) is 0.500. The molecule has 1 aromatic carbocycles. The van der Waals surface area contributed by atoms with Gasteiger partial charge in [0.25, 0.3) is 5.91 Å². The molecule has 2 aromatic rings. The highest BCUT2D eigenvalue weighted by Gasteiger charge is 2.25. The van der Waals surface area contributed by atoms with Crippen molar-refractivity contribution in [3.63, 3.8) is 0 Å². The monoisotopic (exact) mass is 302 g/mol. The molecule has 6 nitrogen and oxygen atoms in total. The van der Waals surface area contributed by atoms with Crippen molar-refractivity contribution in [3.8, 4) is 0 Å². The Balaban J connectivity index is 1.65. The molecule has 6 heteroatoms. The lowest BCUT2D eigenvalue weighted by molar-refractivity contribution is 0.0521. The van der Waals surface area contributed by atoms with Gasteiger partial charge in [-0.3, -0.25) is 14.8 Å². The van der Waals surface area contributed by atoms with Crippen LogP contribution in [0.4, 0.5) is 0 Å². The number of nitrogens with one attached hydrogen (secondary N) is 1. The number of para-hydroxylation sites is 1. The number of aromatic amines is 1. The summed E-state index contributed by atoms with van der Waals surface area (Å²) in [6.07, 6.45) is 0.482. The number of nitrogens with zero attached hydrogens (tertiary/aromatic N) is 3. The molecular weight excluding hydrogens is 280 g/mol. The van der Waals surface area contributed by atoms with Crippen LogP contribution in [-0.2, 0) is 0 Å². The Labute approximate surface area is 129 Å². The van der Waals surface area contributed by atoms with Crippen LogP contribution in [0.1, 0.15) is 23.8 Å². The minimum atomic E-state index is -0.280. The minimum Gasteiger partial charge on any atom is -0.392 e. The summed E-state index contributed by atoms with van der Waals surface area (Å²) < 4.78 is 0. The van der Waals surface area contributed by atoms with Gasteiger partial charge in [-0.15, -0.1) is 0 Å². The van der Waals surface area contributed by atoms with Crippen LogP contribution in [0.15, 0.2) is 24.3 Å². The highest BCUT2D eigenvalue weighted by molar-refractivity contribution is 6.04. The highest BCUT2D eigenvalue weighted by atomic mass is 16.3. The van der Waals surface area contributed by atoms with Gasteiger partial charge in [0.1, 0.15) is 0 Å². The third kappa shape index (κ3) is 2.98. The van der Waals surface area contributed by atoms with Crippen molar-refractivity contribution in [3.05, 3.63) is 30.0 Å². The van der Waals surface area contributed by atoms with E-state index in [0.717, 1.165) is 30.4 Å². The molecule has 2 N–H and O–H groups in total. The number of carbonyl (C=O) groups is 1. The van der Waals surface area contributed by atoms with Gasteiger partial charge < -0.3 is 10.0 Å². The number of aliphatic hydroxyl groups excluding tert-OH is 1. The van der Waals surface area contributed by atoms with Gasteiger partial charge in [-0.2, -0.15) is 5.10 Å². The molecule has 0 spiro atoms. The van der Waals surface area contributed by atoms with Crippen molar-refractivity contribution in [1.29, 1.82) is 0 Å². The molecule has 3 rings (SSSR count). The SMILES string of the molecule is CCC(O)CN1CCN(C(=O)c2n[nH]c3ccccc23)CC1. The minimum absolute atomic E-state index is 0.0202. The van der Waals surface area contributed by atoms with Crippen LogP contribution in [0, 0.1) is 0 Å². The molecule has 1 aromatic heterocycles. The largest absolute Gasteiger partial charge is 0.392 e. The summed E-state index contributed by atoms with van der Waals surface area (Å²) in [4.78, 5) is 16.7. The van der Waals surface area contributed by atoms with Gasteiger partial charge in [-0.05, 0) is 12.5 Å². The first-order chi connectivity index (χ1) is 10.7. The summed E-state index contributed by atoms with van der Waals surface area (Å²) in [5.41, 5.74) is 1.38. The van der Waals surface area contributed by atoms with E-state index in [2.05, 4.69) is 15.1 Å². The predicted octanol–water partition coefficient (Wildman–Crippen LogP) is 1.09. The number of aliphatic hydroxyl groups is 1. The number of H-pyrrole nitrogens is 1. The number of benzene rings is 1. The van der Waals surface area contributed by atoms with Gasteiger partial charge in [0.15, 0.2) is 5.69 Å². The predicted molar refractivity (Wildman–Crippen MR) is 84.7 cm³/mol. The second kappa shape index (κ2) is 6.46. The number of hydrogen-bond acceptors (Lipinski definition) is 4. The standard InChI is InChI=1S/C16H22N4O2/c1-2-12(21)11-19-7-9-20(10-8-19)16(22)15-13-5-3-4-6-14(13)17-18-15/h3-6,12,21H,2,7-11H2,1H3,(H,17,18). The van der Waals surface area contributed by atoms with Crippen LogP contribution in [0.2, 0.25) is 0 Å². The van der Waals surface area contributed by atoms with E-state index in [4.69, 9.17) is 0 Å². The Morgan fingerprint density at radius 3 is 2.77 bits per heavy atom. The zero-order valence-corrected chi connectivity index (χ0v) is 12.8. The number of aromatic nitrogens is 2. The van der Waals surface area contributed by atoms with Crippen molar-refractivity contribution in [2.75, 3.05) is 32.7 Å². The van der Waals surface area contributed by atoms with Crippen LogP contribution < -0.4 is 0 Å². The van der Waals surface area contributed by atoms with Gasteiger partial charge in [0.2, 0.25) is 0 Å². The van der Waals surface area contributed by atoms with E-state index in [9.17, 15) is 9.90 Å². The first-order valence-electron chi connectivity index (χ1n) is 7.82. The van der Waals surface area contributed by atoms with Crippen LogP contribution in [-0.4, -0.2) is 69.8 Å². The summed E-state index contributed by atoms with van der Waals surface area (Å²) in [6.45, 7) is 5.61. The molecular formula is C16H22N4O2. The second-order valence-corrected chi connectivity index (χ2v) is 5.77. The molecule has 1 fully saturated rings. The number of rotatable bonds is 4. The molecule has 1 aliphatic rings. The number of piperazine rings is 1. The van der Waals surface area contributed by atoms with Gasteiger partial charge >= 0.3 is 0 Å². The summed E-state index contributed by atoms with van der Waals surface area (Å²) in [5.74, 6) is -0.0202. The van der Waals surface area contributed by atoms with E-state index < -0.39 is 0 Å². The molecule has 1 amide bonds. The first kappa shape index (κ1) is 15.0. The highest BCUT2D eigenvalue weighted by Crippen LogP contribution is 2.17. The number of hydrogen-bond donors (Lipinski definition) is 2. The van der Waals surface area contributed by atoms with Crippen LogP contribution >= 0.6 is 0 Å². The number of amides is 1. The van der Waals surface area contributed by atoms with Crippen molar-refractivity contribution in [1.82, 2.24) is 20.0 Å². The molecule has 0 saturated carbocycles. The topological polar surface area (TPSA) is 72.5 Å². The maximum atomic E-state index is 12.6. The average molecular weight is 302 g/mol. The molecule has 2 heterocycles. The van der Waals surface area contributed by atoms with Crippen LogP contribution in [0.3, 0.4) is 0 Å². The van der Waals surface area contributed by atoms with Crippen molar-refractivity contribution in [2.45, 2.75) is 19.4 Å². The third-order valence-electron chi connectivity index (χ3n) is 4.27. The fourth-order valence-corrected chi connectivity index (χ4v) is 2.84. The van der Waals surface area contributed by atoms with E-state index in [1.165, 1.54) is 0 Å². The Morgan fingerprint density at radius 2 is 2.05 bits per heavy atom. The summed E-state index contributed by atoms with van der Waals surface area (Å²) in [7, 11) is 0. The molecule has 1 atom stereocenters. The molecule has 1 saturated heterocycles. The molecule has 1 unspecified atom stereocenters. The third-order valence-corrected chi connectivity index (χ3v) is 4.27. The normalized spacial score (nSPS) is 17.8. The van der Waals surface area contributed by atoms with E-state index in [-0.39, 0.29) is 12.0 Å². The van der Waals surface area contributed by atoms with Crippen molar-refractivity contribution < 1.29 is 9.90 Å². The van der Waals surface area contributed by atoms with Crippen LogP contribution in [0.25, 0.3) is 10.9 Å². The Kier molecular flexibility index (Phi) is 4.40. The zero-order chi connectivity index (χ0) is 15.5. The van der Waals surface area contributed by atoms with Gasteiger partial charge in [-0.1, -0.05) is 25.1 Å². The van der Waals surface area contributed by atoms with Gasteiger partial charge in [0.05, 0.1) is 11.6 Å². The Bertz CT molecular complexity index is 646. The molecule has 0 radical (unpaired) electrons. The molecule has 0 bridgehead atoms. The lowest BCUT2D eigenvalue weighted by Crippen LogP contribution is -2.50. The quantitative estimate of drug-likeness (QED) is 0.887. The zero-order valence-electron chi connectivity index (χ0n) is 12.8. The Hall–Kier alpha value is -1.92. The second-order valence-electron chi connectivity index (χ2n) is 5.77. The lowest BCUT2D eigenvalue weighted by atomic mass is 10.2. The van der Waals surface area contributed by atoms with E-state index in [0.29, 0.717) is 25.3 Å². The maximum Gasteiger partial charge on any atom is 0.275 e. The molecule has 0 aliphatic carbocycles. The summed E-state index contributed by atoms with van der Waals surface area (Å²) >= 11 is 0. The van der Waals surface area contributed by atoms with Crippen molar-refractivity contribution in [2.24, 2.45) is 0 Å². The number of β-amino-alcohol motifs (C(OH)–C–C–N with tert-alkyl or cyclic N) is 1. The Morgan fingerprint density at radius 1 is 1.32 bits per heavy atom. The average Bonchev–Trinajstić information content (AvgIpc) is 2.99. The molecule has 22 heavy (non-hydrogen) atoms. The van der Waals surface area contributed by atoms with E-state index in [1.54, 1.807) is 0 Å². The summed E-state index contributed by atoms with van der Waals surface area (Å²) in [5, 5.41) is 17.7. The van der Waals surface area contributed by atoms with Gasteiger partial charge in [-0.25, -0.2) is 0 Å². The van der Waals surface area contributed by atoms with Crippen molar-refractivity contribution >= 4 is 16.8 Å². The molecule has 1 aliphatic heterocycles. The summed E-state index contributed by atoms with van der Waals surface area (Å²) in [6, 6.07) is 7.68. The number of carbonyl (C=O) groups excluding carboxylic acids is 1. The smallest absolute Gasteiger partial charge is 0.275 e. The van der Waals surface area contributed by atoms with E-state index in [1.807, 2.05) is 36.1 Å². The maximum absolute atomic E-state index is 12.6. The van der Waals surface area contributed by atoms with Crippen LogP contribution in [0.5, 0.6) is 0 Å².